The molecule has 3 aliphatic rings. The molecule has 0 radical (unpaired) electrons. The van der Waals surface area contributed by atoms with Crippen molar-refractivity contribution in [3.05, 3.63) is 46.8 Å². The van der Waals surface area contributed by atoms with Crippen LogP contribution in [-0.2, 0) is 11.2 Å². The zero-order chi connectivity index (χ0) is 20.2. The van der Waals surface area contributed by atoms with E-state index in [-0.39, 0.29) is 11.9 Å². The van der Waals surface area contributed by atoms with E-state index in [0.29, 0.717) is 17.2 Å². The van der Waals surface area contributed by atoms with Gasteiger partial charge >= 0.3 is 0 Å². The number of ether oxygens (including phenoxy) is 1. The minimum absolute atomic E-state index is 0.0751. The molecule has 0 bridgehead atoms. The first kappa shape index (κ1) is 21.4. The van der Waals surface area contributed by atoms with Gasteiger partial charge in [-0.2, -0.15) is 0 Å². The van der Waals surface area contributed by atoms with E-state index in [9.17, 15) is 4.39 Å². The fourth-order valence-corrected chi connectivity index (χ4v) is 6.15. The molecule has 0 spiro atoms. The molecule has 1 saturated heterocycles. The van der Waals surface area contributed by atoms with Crippen LogP contribution in [0.3, 0.4) is 0 Å². The first-order valence-electron chi connectivity index (χ1n) is 11.8. The Morgan fingerprint density at radius 2 is 1.55 bits per heavy atom. The summed E-state index contributed by atoms with van der Waals surface area (Å²) in [5, 5.41) is 0.319. The highest BCUT2D eigenvalue weighted by molar-refractivity contribution is 6.31. The van der Waals surface area contributed by atoms with Crippen molar-refractivity contribution in [3.8, 4) is 0 Å². The van der Waals surface area contributed by atoms with Crippen molar-refractivity contribution in [3.63, 3.8) is 0 Å². The maximum Gasteiger partial charge on any atom is 0.147 e. The summed E-state index contributed by atoms with van der Waals surface area (Å²) in [6.07, 6.45) is 17.8. The van der Waals surface area contributed by atoms with E-state index in [1.165, 1.54) is 64.2 Å². The van der Waals surface area contributed by atoms with Crippen LogP contribution in [0.1, 0.15) is 87.9 Å². The summed E-state index contributed by atoms with van der Waals surface area (Å²) in [4.78, 5) is 0. The number of aryl methyl sites for hydroxylation is 1. The molecular weight excluding hydrogens is 383 g/mol. The van der Waals surface area contributed by atoms with Gasteiger partial charge in [0.05, 0.1) is 11.6 Å². The molecule has 1 atom stereocenters. The van der Waals surface area contributed by atoms with E-state index in [2.05, 4.69) is 12.7 Å². The molecule has 0 N–H and O–H groups in total. The standard InChI is InChI=1S/C26H36ClFO/c1-2-3-4-18-5-10-20(11-6-18)21-12-7-19(8-13-21)9-14-22-15-16-23(24-17-29-24)26(28)25(22)27/h2,15-16,18-21,24H,1,3-14,17H2. The molecule has 29 heavy (non-hydrogen) atoms. The van der Waals surface area contributed by atoms with E-state index in [4.69, 9.17) is 16.3 Å². The predicted octanol–water partition coefficient (Wildman–Crippen LogP) is 8.06. The molecule has 1 nitrogen and oxygen atoms in total. The summed E-state index contributed by atoms with van der Waals surface area (Å²) < 4.78 is 19.7. The van der Waals surface area contributed by atoms with E-state index < -0.39 is 0 Å². The fraction of sp³-hybridized carbons (Fsp3) is 0.692. The third kappa shape index (κ3) is 5.44. The summed E-state index contributed by atoms with van der Waals surface area (Å²) in [5.41, 5.74) is 1.59. The van der Waals surface area contributed by atoms with Gasteiger partial charge in [-0.25, -0.2) is 4.39 Å². The first-order chi connectivity index (χ1) is 14.2. The Balaban J connectivity index is 1.20. The van der Waals surface area contributed by atoms with Gasteiger partial charge in [-0.05, 0) is 80.6 Å². The van der Waals surface area contributed by atoms with Crippen LogP contribution in [0.2, 0.25) is 5.02 Å². The monoisotopic (exact) mass is 418 g/mol. The van der Waals surface area contributed by atoms with Crippen molar-refractivity contribution >= 4 is 11.6 Å². The van der Waals surface area contributed by atoms with Crippen molar-refractivity contribution < 1.29 is 9.13 Å². The van der Waals surface area contributed by atoms with Crippen LogP contribution in [0.5, 0.6) is 0 Å². The lowest BCUT2D eigenvalue weighted by molar-refractivity contribution is 0.141. The molecule has 2 aliphatic carbocycles. The predicted molar refractivity (Wildman–Crippen MR) is 119 cm³/mol. The largest absolute Gasteiger partial charge is 0.368 e. The molecule has 2 saturated carbocycles. The molecule has 1 unspecified atom stereocenters. The van der Waals surface area contributed by atoms with Gasteiger partial charge in [0.15, 0.2) is 0 Å². The molecular formula is C26H36ClFO. The number of allylic oxidation sites excluding steroid dienone is 1. The maximum absolute atomic E-state index is 14.5. The summed E-state index contributed by atoms with van der Waals surface area (Å²) in [6.45, 7) is 4.48. The average molecular weight is 419 g/mol. The summed E-state index contributed by atoms with van der Waals surface area (Å²) in [5.74, 6) is 3.38. The SMILES string of the molecule is C=CCCC1CCC(C2CCC(CCc3ccc(C4CO4)c(F)c3Cl)CC2)CC1. The lowest BCUT2D eigenvalue weighted by atomic mass is 9.68. The van der Waals surface area contributed by atoms with E-state index in [0.717, 1.165) is 42.1 Å². The van der Waals surface area contributed by atoms with Crippen molar-refractivity contribution in [2.75, 3.05) is 6.61 Å². The Hall–Kier alpha value is -0.860. The van der Waals surface area contributed by atoms with Gasteiger partial charge < -0.3 is 4.74 Å². The molecule has 1 heterocycles. The van der Waals surface area contributed by atoms with Crippen LogP contribution in [0.25, 0.3) is 0 Å². The number of hydrogen-bond acceptors (Lipinski definition) is 1. The Labute approximate surface area is 181 Å². The van der Waals surface area contributed by atoms with Gasteiger partial charge in [0.1, 0.15) is 11.9 Å². The van der Waals surface area contributed by atoms with Crippen LogP contribution >= 0.6 is 11.6 Å². The Morgan fingerprint density at radius 3 is 2.10 bits per heavy atom. The van der Waals surface area contributed by atoms with Crippen LogP contribution in [-0.4, -0.2) is 6.61 Å². The Bertz CT molecular complexity index is 682. The van der Waals surface area contributed by atoms with Gasteiger partial charge in [0.25, 0.3) is 0 Å². The molecule has 1 aromatic carbocycles. The second-order valence-electron chi connectivity index (χ2n) is 9.73. The summed E-state index contributed by atoms with van der Waals surface area (Å²) >= 11 is 6.32. The van der Waals surface area contributed by atoms with Gasteiger partial charge in [0.2, 0.25) is 0 Å². The zero-order valence-electron chi connectivity index (χ0n) is 17.7. The molecule has 3 fully saturated rings. The normalized spacial score (nSPS) is 32.1. The summed E-state index contributed by atoms with van der Waals surface area (Å²) in [6, 6.07) is 3.88. The maximum atomic E-state index is 14.5. The fourth-order valence-electron chi connectivity index (χ4n) is 5.88. The van der Waals surface area contributed by atoms with E-state index >= 15 is 0 Å². The number of epoxide rings is 1. The lowest BCUT2D eigenvalue weighted by Crippen LogP contribution is -2.26. The van der Waals surface area contributed by atoms with Crippen LogP contribution in [0.4, 0.5) is 4.39 Å². The molecule has 160 valence electrons. The van der Waals surface area contributed by atoms with E-state index in [1.807, 2.05) is 12.1 Å². The minimum atomic E-state index is -0.265. The van der Waals surface area contributed by atoms with E-state index in [1.54, 1.807) is 0 Å². The molecule has 1 aromatic rings. The van der Waals surface area contributed by atoms with Crippen LogP contribution < -0.4 is 0 Å². The van der Waals surface area contributed by atoms with Crippen molar-refractivity contribution in [2.45, 2.75) is 83.2 Å². The number of hydrogen-bond donors (Lipinski definition) is 0. The van der Waals surface area contributed by atoms with Crippen LogP contribution in [0, 0.1) is 29.5 Å². The van der Waals surface area contributed by atoms with Gasteiger partial charge in [-0.15, -0.1) is 6.58 Å². The molecule has 0 aromatic heterocycles. The second-order valence-corrected chi connectivity index (χ2v) is 10.1. The average Bonchev–Trinajstić information content (AvgIpc) is 3.59. The Morgan fingerprint density at radius 1 is 0.966 bits per heavy atom. The lowest BCUT2D eigenvalue weighted by Gasteiger charge is -2.38. The zero-order valence-corrected chi connectivity index (χ0v) is 18.4. The minimum Gasteiger partial charge on any atom is -0.368 e. The topological polar surface area (TPSA) is 12.5 Å². The van der Waals surface area contributed by atoms with Gasteiger partial charge in [-0.1, -0.05) is 55.5 Å². The quantitative estimate of drug-likeness (QED) is 0.307. The number of halogens is 2. The highest BCUT2D eigenvalue weighted by Gasteiger charge is 2.31. The Kier molecular flexibility index (Phi) is 7.34. The van der Waals surface area contributed by atoms with Gasteiger partial charge in [0, 0.05) is 5.56 Å². The van der Waals surface area contributed by atoms with Crippen molar-refractivity contribution in [2.24, 2.45) is 23.7 Å². The first-order valence-corrected chi connectivity index (χ1v) is 12.2. The molecule has 0 amide bonds. The molecule has 4 rings (SSSR count). The summed E-state index contributed by atoms with van der Waals surface area (Å²) in [7, 11) is 0. The van der Waals surface area contributed by atoms with Crippen LogP contribution in [0.15, 0.2) is 24.8 Å². The number of rotatable bonds is 8. The van der Waals surface area contributed by atoms with Crippen molar-refractivity contribution in [1.29, 1.82) is 0 Å². The molecule has 1 aliphatic heterocycles. The van der Waals surface area contributed by atoms with Crippen molar-refractivity contribution in [1.82, 2.24) is 0 Å². The smallest absolute Gasteiger partial charge is 0.147 e. The third-order valence-electron chi connectivity index (χ3n) is 7.92. The highest BCUT2D eigenvalue weighted by Crippen LogP contribution is 2.43. The van der Waals surface area contributed by atoms with Gasteiger partial charge in [-0.3, -0.25) is 0 Å². The highest BCUT2D eigenvalue weighted by atomic mass is 35.5. The second kappa shape index (κ2) is 9.96. The molecule has 3 heteroatoms. The third-order valence-corrected chi connectivity index (χ3v) is 8.33. The number of benzene rings is 1.